The van der Waals surface area contributed by atoms with Crippen molar-refractivity contribution in [3.05, 3.63) is 47.2 Å². The van der Waals surface area contributed by atoms with Gasteiger partial charge in [0.1, 0.15) is 11.5 Å². The average molecular weight is 362 g/mol. The van der Waals surface area contributed by atoms with Gasteiger partial charge in [0.25, 0.3) is 0 Å². The molecule has 6 heteroatoms. The zero-order chi connectivity index (χ0) is 18.0. The highest BCUT2D eigenvalue weighted by Crippen LogP contribution is 2.27. The third-order valence-electron chi connectivity index (χ3n) is 4.30. The number of hydrogen-bond donors (Lipinski definition) is 2. The summed E-state index contributed by atoms with van der Waals surface area (Å²) in [5.74, 6) is 1.61. The molecule has 25 heavy (non-hydrogen) atoms. The van der Waals surface area contributed by atoms with Gasteiger partial charge in [0.2, 0.25) is 5.91 Å². The highest BCUT2D eigenvalue weighted by Gasteiger charge is 2.35. The van der Waals surface area contributed by atoms with Gasteiger partial charge < -0.3 is 15.5 Å². The first-order valence-electron chi connectivity index (χ1n) is 8.57. The zero-order valence-corrected chi connectivity index (χ0v) is 15.3. The third-order valence-corrected chi connectivity index (χ3v) is 4.53. The smallest absolute Gasteiger partial charge is 0.237 e. The van der Waals surface area contributed by atoms with Crippen molar-refractivity contribution in [1.82, 2.24) is 10.2 Å². The molecule has 3 rings (SSSR count). The van der Waals surface area contributed by atoms with Crippen molar-refractivity contribution < 1.29 is 9.21 Å². The minimum absolute atomic E-state index is 0.00488. The fraction of sp³-hybridized carbons (Fsp3) is 0.421. The lowest BCUT2D eigenvalue weighted by atomic mass is 10.1. The van der Waals surface area contributed by atoms with Gasteiger partial charge in [0.05, 0.1) is 12.6 Å². The zero-order valence-electron chi connectivity index (χ0n) is 14.5. The molecule has 1 amide bonds. The second-order valence-corrected chi connectivity index (χ2v) is 7.32. The molecule has 2 atom stereocenters. The number of halogens is 1. The van der Waals surface area contributed by atoms with Crippen molar-refractivity contribution in [3.63, 3.8) is 0 Å². The molecular formula is C19H24ClN3O2. The predicted octanol–water partition coefficient (Wildman–Crippen LogP) is 3.03. The van der Waals surface area contributed by atoms with Gasteiger partial charge in [0, 0.05) is 29.2 Å². The molecule has 1 fully saturated rings. The van der Waals surface area contributed by atoms with E-state index in [0.29, 0.717) is 24.5 Å². The van der Waals surface area contributed by atoms with Crippen LogP contribution in [0.15, 0.2) is 40.8 Å². The maximum absolute atomic E-state index is 12.4. The van der Waals surface area contributed by atoms with Gasteiger partial charge in [-0.2, -0.15) is 0 Å². The van der Waals surface area contributed by atoms with Crippen LogP contribution in [-0.2, 0) is 11.3 Å². The summed E-state index contributed by atoms with van der Waals surface area (Å²) in [5.41, 5.74) is 7.02. The summed E-state index contributed by atoms with van der Waals surface area (Å²) < 4.78 is 5.96. The molecule has 1 aromatic carbocycles. The number of furan rings is 1. The van der Waals surface area contributed by atoms with Crippen molar-refractivity contribution >= 4 is 17.5 Å². The van der Waals surface area contributed by atoms with Gasteiger partial charge in [-0.1, -0.05) is 23.7 Å². The van der Waals surface area contributed by atoms with Crippen LogP contribution in [0.25, 0.3) is 11.3 Å². The van der Waals surface area contributed by atoms with Crippen LogP contribution in [0.3, 0.4) is 0 Å². The van der Waals surface area contributed by atoms with E-state index in [4.69, 9.17) is 21.8 Å². The lowest BCUT2D eigenvalue weighted by Crippen LogP contribution is -2.45. The summed E-state index contributed by atoms with van der Waals surface area (Å²) in [5, 5.41) is 3.65. The second kappa shape index (κ2) is 7.60. The van der Waals surface area contributed by atoms with Gasteiger partial charge >= 0.3 is 0 Å². The third kappa shape index (κ3) is 4.42. The Kier molecular flexibility index (Phi) is 5.47. The molecule has 0 saturated carbocycles. The maximum atomic E-state index is 12.4. The fourth-order valence-electron chi connectivity index (χ4n) is 3.23. The van der Waals surface area contributed by atoms with Crippen molar-refractivity contribution in [2.75, 3.05) is 6.54 Å². The summed E-state index contributed by atoms with van der Waals surface area (Å²) in [6.07, 6.45) is 0.667. The Hall–Kier alpha value is -1.82. The number of nitrogens with one attached hydrogen (secondary N) is 1. The Labute approximate surface area is 153 Å². The normalized spacial score (nSPS) is 21.0. The lowest BCUT2D eigenvalue weighted by Gasteiger charge is -2.23. The molecule has 1 saturated heterocycles. The van der Waals surface area contributed by atoms with Crippen LogP contribution in [0.4, 0.5) is 0 Å². The molecule has 3 N–H and O–H groups in total. The van der Waals surface area contributed by atoms with Crippen LogP contribution >= 0.6 is 11.6 Å². The second-order valence-electron chi connectivity index (χ2n) is 6.88. The van der Waals surface area contributed by atoms with Crippen LogP contribution in [0.5, 0.6) is 0 Å². The number of likely N-dealkylation sites (tertiary alicyclic amines) is 1. The molecule has 1 aliphatic heterocycles. The molecule has 2 heterocycles. The van der Waals surface area contributed by atoms with Crippen LogP contribution < -0.4 is 11.1 Å². The van der Waals surface area contributed by atoms with E-state index < -0.39 is 0 Å². The van der Waals surface area contributed by atoms with E-state index in [9.17, 15) is 4.79 Å². The van der Waals surface area contributed by atoms with E-state index >= 15 is 0 Å². The average Bonchev–Trinajstić information content (AvgIpc) is 3.14. The van der Waals surface area contributed by atoms with Crippen molar-refractivity contribution in [1.29, 1.82) is 0 Å². The Morgan fingerprint density at radius 2 is 2.20 bits per heavy atom. The number of nitrogens with two attached hydrogens (primary N) is 1. The Bertz CT molecular complexity index is 744. The Morgan fingerprint density at radius 3 is 2.92 bits per heavy atom. The summed E-state index contributed by atoms with van der Waals surface area (Å²) in [6.45, 7) is 5.16. The van der Waals surface area contributed by atoms with Crippen molar-refractivity contribution in [3.8, 4) is 11.3 Å². The molecule has 0 aliphatic carbocycles. The Balaban J connectivity index is 1.72. The molecule has 5 nitrogen and oxygen atoms in total. The maximum Gasteiger partial charge on any atom is 0.237 e. The van der Waals surface area contributed by atoms with Crippen molar-refractivity contribution in [2.24, 2.45) is 5.73 Å². The summed E-state index contributed by atoms with van der Waals surface area (Å²) in [6, 6.07) is 11.3. The monoisotopic (exact) mass is 361 g/mol. The van der Waals surface area contributed by atoms with Gasteiger partial charge in [-0.15, -0.1) is 0 Å². The van der Waals surface area contributed by atoms with Gasteiger partial charge in [0.15, 0.2) is 0 Å². The number of carbonyl (C=O) groups is 1. The van der Waals surface area contributed by atoms with E-state index in [1.54, 1.807) is 0 Å². The number of benzene rings is 1. The largest absolute Gasteiger partial charge is 0.460 e. The van der Waals surface area contributed by atoms with Crippen molar-refractivity contribution in [2.45, 2.75) is 44.9 Å². The van der Waals surface area contributed by atoms with Crippen LogP contribution in [0.1, 0.15) is 26.0 Å². The summed E-state index contributed by atoms with van der Waals surface area (Å²) >= 11 is 6.04. The molecule has 2 aromatic rings. The van der Waals surface area contributed by atoms with Gasteiger partial charge in [-0.25, -0.2) is 0 Å². The van der Waals surface area contributed by atoms with E-state index in [0.717, 1.165) is 17.1 Å². The molecule has 0 unspecified atom stereocenters. The minimum atomic E-state index is -0.211. The SMILES string of the molecule is CC(C)NC(=O)[C@@H]1C[C@H](N)CN1Cc1ccc(-c2cccc(Cl)c2)o1. The first-order valence-corrected chi connectivity index (χ1v) is 8.95. The van der Waals surface area contributed by atoms with E-state index in [1.807, 2.05) is 50.2 Å². The number of nitrogens with zero attached hydrogens (tertiary/aromatic N) is 1. The molecule has 134 valence electrons. The van der Waals surface area contributed by atoms with Crippen LogP contribution in [0, 0.1) is 0 Å². The quantitative estimate of drug-likeness (QED) is 0.858. The molecule has 0 spiro atoms. The van der Waals surface area contributed by atoms with Gasteiger partial charge in [-0.3, -0.25) is 9.69 Å². The van der Waals surface area contributed by atoms with Crippen LogP contribution in [0.2, 0.25) is 5.02 Å². The molecule has 0 radical (unpaired) electrons. The highest BCUT2D eigenvalue weighted by atomic mass is 35.5. The molecule has 0 bridgehead atoms. The summed E-state index contributed by atoms with van der Waals surface area (Å²) in [4.78, 5) is 14.5. The molecule has 1 aromatic heterocycles. The first-order chi connectivity index (χ1) is 11.9. The number of amides is 1. The van der Waals surface area contributed by atoms with E-state index in [2.05, 4.69) is 10.2 Å². The molecule has 1 aliphatic rings. The predicted molar refractivity (Wildman–Crippen MR) is 99.2 cm³/mol. The fourth-order valence-corrected chi connectivity index (χ4v) is 3.42. The summed E-state index contributed by atoms with van der Waals surface area (Å²) in [7, 11) is 0. The molecular weight excluding hydrogens is 338 g/mol. The topological polar surface area (TPSA) is 71.5 Å². The minimum Gasteiger partial charge on any atom is -0.460 e. The van der Waals surface area contributed by atoms with E-state index in [-0.39, 0.29) is 24.0 Å². The standard InChI is InChI=1S/C19H24ClN3O2/c1-12(2)22-19(24)17-9-15(21)10-23(17)11-16-6-7-18(25-16)13-4-3-5-14(20)8-13/h3-8,12,15,17H,9-11,21H2,1-2H3,(H,22,24)/t15-,17-/m0/s1. The Morgan fingerprint density at radius 1 is 1.40 bits per heavy atom. The lowest BCUT2D eigenvalue weighted by molar-refractivity contribution is -0.126. The number of rotatable bonds is 5. The van der Waals surface area contributed by atoms with Crippen LogP contribution in [-0.4, -0.2) is 35.5 Å². The van der Waals surface area contributed by atoms with E-state index in [1.165, 1.54) is 0 Å². The number of carbonyl (C=O) groups excluding carboxylic acids is 1. The highest BCUT2D eigenvalue weighted by molar-refractivity contribution is 6.30. The van der Waals surface area contributed by atoms with Gasteiger partial charge in [-0.05, 0) is 44.5 Å². The first kappa shape index (κ1) is 18.0. The number of hydrogen-bond acceptors (Lipinski definition) is 4.